The molecule has 2 heterocycles. The SMILES string of the molecule is O=C(/C=C/c1cccnc1)CCCCCCCn1c(-c2ccccc2)cc2cc(O)c(O)cc21. The summed E-state index contributed by atoms with van der Waals surface area (Å²) in [6.07, 6.45) is 12.6. The number of nitrogens with zero attached hydrogens (tertiary/aromatic N) is 2. The standard InChI is InChI=1S/C29H30N2O3/c32-25(15-14-22-10-9-16-30-21-22)13-7-2-1-3-8-17-31-26(23-11-5-4-6-12-23)18-24-19-28(33)29(34)20-27(24)31/h4-6,9-12,14-16,18-21,33-34H,1-3,7-8,13,17H2/b15-14+. The Balaban J connectivity index is 1.29. The molecule has 4 rings (SSSR count). The quantitative estimate of drug-likeness (QED) is 0.150. The van der Waals surface area contributed by atoms with Crippen LogP contribution in [0.2, 0.25) is 0 Å². The predicted octanol–water partition coefficient (Wildman–Crippen LogP) is 6.74. The van der Waals surface area contributed by atoms with E-state index in [1.807, 2.05) is 36.4 Å². The maximum Gasteiger partial charge on any atom is 0.159 e. The molecule has 0 spiro atoms. The summed E-state index contributed by atoms with van der Waals surface area (Å²) in [4.78, 5) is 16.1. The molecule has 2 aromatic heterocycles. The van der Waals surface area contributed by atoms with Crippen molar-refractivity contribution < 1.29 is 15.0 Å². The number of phenolic OH excluding ortho intramolecular Hbond substituents is 2. The van der Waals surface area contributed by atoms with E-state index < -0.39 is 0 Å². The number of fused-ring (bicyclic) bond motifs is 1. The van der Waals surface area contributed by atoms with Crippen molar-refractivity contribution in [2.75, 3.05) is 0 Å². The minimum atomic E-state index is -0.103. The number of carbonyl (C=O) groups is 1. The summed E-state index contributed by atoms with van der Waals surface area (Å²) in [5, 5.41) is 20.9. The van der Waals surface area contributed by atoms with Gasteiger partial charge in [-0.15, -0.1) is 0 Å². The number of ketones is 1. The zero-order valence-corrected chi connectivity index (χ0v) is 19.2. The number of aryl methyl sites for hydroxylation is 1. The van der Waals surface area contributed by atoms with Gasteiger partial charge in [-0.1, -0.05) is 55.7 Å². The molecule has 2 aromatic carbocycles. The van der Waals surface area contributed by atoms with Crippen molar-refractivity contribution in [2.45, 2.75) is 45.1 Å². The number of carbonyl (C=O) groups excluding carboxylic acids is 1. The molecule has 5 nitrogen and oxygen atoms in total. The molecule has 0 aliphatic heterocycles. The lowest BCUT2D eigenvalue weighted by molar-refractivity contribution is -0.114. The second kappa shape index (κ2) is 11.3. The van der Waals surface area contributed by atoms with Crippen LogP contribution in [0, 0.1) is 0 Å². The smallest absolute Gasteiger partial charge is 0.159 e. The van der Waals surface area contributed by atoms with Crippen molar-refractivity contribution in [3.63, 3.8) is 0 Å². The molecular weight excluding hydrogens is 424 g/mol. The highest BCUT2D eigenvalue weighted by molar-refractivity contribution is 5.93. The van der Waals surface area contributed by atoms with Gasteiger partial charge in [0.2, 0.25) is 0 Å². The Hall–Kier alpha value is -3.86. The van der Waals surface area contributed by atoms with Gasteiger partial charge in [0.05, 0.1) is 5.52 Å². The van der Waals surface area contributed by atoms with Crippen molar-refractivity contribution in [3.8, 4) is 22.8 Å². The summed E-state index contributed by atoms with van der Waals surface area (Å²) in [7, 11) is 0. The number of pyridine rings is 1. The molecule has 0 bridgehead atoms. The minimum Gasteiger partial charge on any atom is -0.504 e. The number of aromatic nitrogens is 2. The zero-order chi connectivity index (χ0) is 23.8. The maximum atomic E-state index is 12.1. The second-order valence-electron chi connectivity index (χ2n) is 8.55. The monoisotopic (exact) mass is 454 g/mol. The molecule has 174 valence electrons. The first kappa shape index (κ1) is 23.3. The third-order valence-electron chi connectivity index (χ3n) is 6.02. The van der Waals surface area contributed by atoms with Crippen LogP contribution in [0.25, 0.3) is 28.2 Å². The van der Waals surface area contributed by atoms with E-state index >= 15 is 0 Å². The molecule has 34 heavy (non-hydrogen) atoms. The summed E-state index contributed by atoms with van der Waals surface area (Å²) in [6, 6.07) is 19.3. The number of benzene rings is 2. The molecule has 0 saturated heterocycles. The van der Waals surface area contributed by atoms with Crippen LogP contribution < -0.4 is 0 Å². The van der Waals surface area contributed by atoms with Crippen molar-refractivity contribution in [1.82, 2.24) is 9.55 Å². The molecule has 0 fully saturated rings. The van der Waals surface area contributed by atoms with Crippen LogP contribution >= 0.6 is 0 Å². The fourth-order valence-electron chi connectivity index (χ4n) is 4.22. The minimum absolute atomic E-state index is 0.103. The Bertz CT molecular complexity index is 1260. The van der Waals surface area contributed by atoms with Gasteiger partial charge in [0, 0.05) is 42.5 Å². The number of rotatable bonds is 11. The average molecular weight is 455 g/mol. The number of aromatic hydroxyl groups is 2. The van der Waals surface area contributed by atoms with Crippen molar-refractivity contribution in [1.29, 1.82) is 0 Å². The van der Waals surface area contributed by atoms with E-state index in [0.29, 0.717) is 6.42 Å². The molecule has 2 N–H and O–H groups in total. The zero-order valence-electron chi connectivity index (χ0n) is 19.2. The molecular formula is C29H30N2O3. The molecule has 4 aromatic rings. The first-order valence-corrected chi connectivity index (χ1v) is 11.8. The van der Waals surface area contributed by atoms with Crippen molar-refractivity contribution >= 4 is 22.8 Å². The Morgan fingerprint density at radius 2 is 1.65 bits per heavy atom. The third kappa shape index (κ3) is 5.93. The Kier molecular flexibility index (Phi) is 7.76. The van der Waals surface area contributed by atoms with Gasteiger partial charge in [0.15, 0.2) is 17.3 Å². The lowest BCUT2D eigenvalue weighted by atomic mass is 10.1. The van der Waals surface area contributed by atoms with E-state index in [9.17, 15) is 15.0 Å². The van der Waals surface area contributed by atoms with Crippen molar-refractivity contribution in [2.24, 2.45) is 0 Å². The van der Waals surface area contributed by atoms with Gasteiger partial charge in [0.25, 0.3) is 0 Å². The molecule has 5 heteroatoms. The number of allylic oxidation sites excluding steroid dienone is 1. The van der Waals surface area contributed by atoms with Crippen LogP contribution in [0.15, 0.2) is 79.1 Å². The molecule has 0 radical (unpaired) electrons. The van der Waals surface area contributed by atoms with Gasteiger partial charge in [-0.05, 0) is 54.3 Å². The van der Waals surface area contributed by atoms with Gasteiger partial charge >= 0.3 is 0 Å². The Morgan fingerprint density at radius 1 is 0.882 bits per heavy atom. The molecule has 0 amide bonds. The summed E-state index contributed by atoms with van der Waals surface area (Å²) >= 11 is 0. The second-order valence-corrected chi connectivity index (χ2v) is 8.55. The van der Waals surface area contributed by atoms with Crippen LogP contribution in [0.1, 0.15) is 44.1 Å². The first-order chi connectivity index (χ1) is 16.6. The maximum absolute atomic E-state index is 12.1. The third-order valence-corrected chi connectivity index (χ3v) is 6.02. The normalized spacial score (nSPS) is 11.4. The van der Waals surface area contributed by atoms with Crippen LogP contribution in [-0.4, -0.2) is 25.5 Å². The van der Waals surface area contributed by atoms with Crippen LogP contribution in [0.4, 0.5) is 0 Å². The average Bonchev–Trinajstić information content (AvgIpc) is 3.20. The van der Waals surface area contributed by atoms with Crippen LogP contribution in [0.3, 0.4) is 0 Å². The van der Waals surface area contributed by atoms with E-state index in [0.717, 1.165) is 66.4 Å². The lowest BCUT2D eigenvalue weighted by Gasteiger charge is -2.11. The summed E-state index contributed by atoms with van der Waals surface area (Å²) in [5.74, 6) is -0.0546. The topological polar surface area (TPSA) is 75.4 Å². The fourth-order valence-corrected chi connectivity index (χ4v) is 4.22. The largest absolute Gasteiger partial charge is 0.504 e. The summed E-state index contributed by atoms with van der Waals surface area (Å²) in [5.41, 5.74) is 4.04. The van der Waals surface area contributed by atoms with Gasteiger partial charge < -0.3 is 14.8 Å². The van der Waals surface area contributed by atoms with Gasteiger partial charge in [-0.3, -0.25) is 9.78 Å². The number of phenols is 2. The number of hydrogen-bond donors (Lipinski definition) is 2. The fraction of sp³-hybridized carbons (Fsp3) is 0.241. The van der Waals surface area contributed by atoms with E-state index in [1.165, 1.54) is 0 Å². The number of unbranched alkanes of at least 4 members (excludes halogenated alkanes) is 4. The summed E-state index contributed by atoms with van der Waals surface area (Å²) in [6.45, 7) is 0.824. The molecule has 0 atom stereocenters. The highest BCUT2D eigenvalue weighted by atomic mass is 16.3. The van der Waals surface area contributed by atoms with E-state index in [4.69, 9.17) is 0 Å². The van der Waals surface area contributed by atoms with Gasteiger partial charge in [-0.25, -0.2) is 0 Å². The summed E-state index contributed by atoms with van der Waals surface area (Å²) < 4.78 is 2.22. The van der Waals surface area contributed by atoms with Gasteiger partial charge in [-0.2, -0.15) is 0 Å². The van der Waals surface area contributed by atoms with Crippen LogP contribution in [-0.2, 0) is 11.3 Å². The highest BCUT2D eigenvalue weighted by Gasteiger charge is 2.13. The molecule has 0 unspecified atom stereocenters. The molecule has 0 saturated carbocycles. The van der Waals surface area contributed by atoms with E-state index in [2.05, 4.69) is 27.8 Å². The van der Waals surface area contributed by atoms with E-state index in [1.54, 1.807) is 30.6 Å². The first-order valence-electron chi connectivity index (χ1n) is 11.8. The lowest BCUT2D eigenvalue weighted by Crippen LogP contribution is -2.00. The number of hydrogen-bond acceptors (Lipinski definition) is 4. The Morgan fingerprint density at radius 3 is 2.44 bits per heavy atom. The van der Waals surface area contributed by atoms with E-state index in [-0.39, 0.29) is 17.3 Å². The molecule has 0 aliphatic rings. The highest BCUT2D eigenvalue weighted by Crippen LogP contribution is 2.35. The van der Waals surface area contributed by atoms with Crippen LogP contribution in [0.5, 0.6) is 11.5 Å². The van der Waals surface area contributed by atoms with Gasteiger partial charge in [0.1, 0.15) is 0 Å². The predicted molar refractivity (Wildman–Crippen MR) is 137 cm³/mol. The molecule has 0 aliphatic carbocycles. The Labute approximate surface area is 200 Å². The van der Waals surface area contributed by atoms with Crippen molar-refractivity contribution in [3.05, 3.63) is 84.7 Å².